The van der Waals surface area contributed by atoms with Crippen molar-refractivity contribution in [1.82, 2.24) is 0 Å². The van der Waals surface area contributed by atoms with Crippen LogP contribution in [0.5, 0.6) is 0 Å². The second-order valence-electron chi connectivity index (χ2n) is 4.21. The van der Waals surface area contributed by atoms with E-state index in [-0.39, 0.29) is 0 Å². The van der Waals surface area contributed by atoms with Crippen LogP contribution in [0.1, 0.15) is 27.7 Å². The van der Waals surface area contributed by atoms with Gasteiger partial charge in [0.05, 0.1) is 0 Å². The van der Waals surface area contributed by atoms with Crippen LogP contribution in [0.4, 0.5) is 4.39 Å². The van der Waals surface area contributed by atoms with Gasteiger partial charge in [-0.15, -0.1) is 0 Å². The van der Waals surface area contributed by atoms with E-state index in [2.05, 4.69) is 0 Å². The molecule has 1 amide bonds. The fourth-order valence-electron chi connectivity index (χ4n) is 0.682. The number of carbonyl (C=O) groups excluding carboxylic acids is 1. The highest BCUT2D eigenvalue weighted by molar-refractivity contribution is 5.79. The number of nitrogens with two attached hydrogens (primary N) is 2. The number of alkyl halides is 1. The minimum Gasteiger partial charge on any atom is -0.367 e. The van der Waals surface area contributed by atoms with Crippen LogP contribution in [0.15, 0.2) is 0 Å². The molecule has 0 saturated heterocycles. The number of halogens is 1. The van der Waals surface area contributed by atoms with Crippen LogP contribution >= 0.6 is 0 Å². The van der Waals surface area contributed by atoms with E-state index in [0.717, 1.165) is 0 Å². The smallest absolute Gasteiger partial charge is 0.252 e. The van der Waals surface area contributed by atoms with Crippen molar-refractivity contribution >= 4 is 5.91 Å². The zero-order valence-electron chi connectivity index (χ0n) is 8.02. The second kappa shape index (κ2) is 3.01. The van der Waals surface area contributed by atoms with E-state index in [1.807, 2.05) is 0 Å². The summed E-state index contributed by atoms with van der Waals surface area (Å²) < 4.78 is 13.2. The Balaban J connectivity index is 4.73. The molecule has 0 saturated carbocycles. The molecule has 0 aliphatic carbocycles. The minimum absolute atomic E-state index is 0.776. The van der Waals surface area contributed by atoms with E-state index in [1.54, 1.807) is 27.7 Å². The van der Waals surface area contributed by atoms with Crippen LogP contribution in [0.2, 0.25) is 0 Å². The largest absolute Gasteiger partial charge is 0.367 e. The van der Waals surface area contributed by atoms with Crippen LogP contribution in [0.3, 0.4) is 0 Å². The molecule has 1 unspecified atom stereocenters. The van der Waals surface area contributed by atoms with Crippen LogP contribution in [0.25, 0.3) is 0 Å². The lowest BCUT2D eigenvalue weighted by atomic mass is 9.71. The molecule has 0 aromatic heterocycles. The third-order valence-electron chi connectivity index (χ3n) is 2.54. The number of amides is 1. The normalized spacial score (nSPS) is 15.8. The molecule has 12 heavy (non-hydrogen) atoms. The standard InChI is InChI=1S/C8H17FN2O/c1-7(2,8(3,4)11)5(9)6(10)12/h5H,11H2,1-4H3,(H2,10,12). The Morgan fingerprint density at radius 1 is 1.33 bits per heavy atom. The minimum atomic E-state index is -1.71. The molecule has 0 aromatic carbocycles. The maximum atomic E-state index is 13.2. The van der Waals surface area contributed by atoms with Crippen molar-refractivity contribution in [2.75, 3.05) is 0 Å². The second-order valence-corrected chi connectivity index (χ2v) is 4.21. The lowest BCUT2D eigenvalue weighted by molar-refractivity contribution is -0.128. The van der Waals surface area contributed by atoms with Crippen LogP contribution in [-0.4, -0.2) is 17.6 Å². The molecule has 0 aliphatic rings. The van der Waals surface area contributed by atoms with Crippen molar-refractivity contribution in [3.05, 3.63) is 0 Å². The number of hydrogen-bond donors (Lipinski definition) is 2. The highest BCUT2D eigenvalue weighted by Gasteiger charge is 2.43. The molecule has 0 rings (SSSR count). The first-order valence-corrected chi connectivity index (χ1v) is 3.83. The Morgan fingerprint density at radius 2 is 1.67 bits per heavy atom. The molecule has 0 fully saturated rings. The average Bonchev–Trinajstić information content (AvgIpc) is 1.83. The van der Waals surface area contributed by atoms with Crippen LogP contribution in [-0.2, 0) is 4.79 Å². The van der Waals surface area contributed by atoms with E-state index in [4.69, 9.17) is 11.5 Å². The SMILES string of the molecule is CC(C)(N)C(C)(C)C(F)C(N)=O. The molecule has 3 nitrogen and oxygen atoms in total. The van der Waals surface area contributed by atoms with Crippen molar-refractivity contribution in [2.24, 2.45) is 16.9 Å². The summed E-state index contributed by atoms with van der Waals surface area (Å²) in [6.07, 6.45) is -1.71. The zero-order chi connectivity index (χ0) is 10.2. The Kier molecular flexibility index (Phi) is 2.85. The molecule has 0 aliphatic heterocycles. The number of primary amides is 1. The first-order valence-electron chi connectivity index (χ1n) is 3.83. The van der Waals surface area contributed by atoms with Gasteiger partial charge >= 0.3 is 0 Å². The molecule has 1 atom stereocenters. The fourth-order valence-corrected chi connectivity index (χ4v) is 0.682. The summed E-state index contributed by atoms with van der Waals surface area (Å²) in [5.41, 5.74) is 8.83. The molecule has 0 bridgehead atoms. The summed E-state index contributed by atoms with van der Waals surface area (Å²) in [6.45, 7) is 6.51. The van der Waals surface area contributed by atoms with Crippen molar-refractivity contribution < 1.29 is 9.18 Å². The van der Waals surface area contributed by atoms with Crippen LogP contribution in [0, 0.1) is 5.41 Å². The first-order chi connectivity index (χ1) is 5.10. The molecule has 0 aromatic rings. The van der Waals surface area contributed by atoms with Crippen molar-refractivity contribution in [3.8, 4) is 0 Å². The van der Waals surface area contributed by atoms with Gasteiger partial charge in [0.2, 0.25) is 0 Å². The highest BCUT2D eigenvalue weighted by Crippen LogP contribution is 2.33. The Hall–Kier alpha value is -0.640. The summed E-state index contributed by atoms with van der Waals surface area (Å²) in [7, 11) is 0. The molecular weight excluding hydrogens is 159 g/mol. The summed E-state index contributed by atoms with van der Waals surface area (Å²) in [5, 5.41) is 0. The lowest BCUT2D eigenvalue weighted by Crippen LogP contribution is -2.55. The zero-order valence-corrected chi connectivity index (χ0v) is 8.02. The van der Waals surface area contributed by atoms with Gasteiger partial charge in [0.15, 0.2) is 6.17 Å². The van der Waals surface area contributed by atoms with Crippen molar-refractivity contribution in [3.63, 3.8) is 0 Å². The van der Waals surface area contributed by atoms with Gasteiger partial charge in [-0.1, -0.05) is 13.8 Å². The van der Waals surface area contributed by atoms with E-state index in [1.165, 1.54) is 0 Å². The van der Waals surface area contributed by atoms with Gasteiger partial charge < -0.3 is 11.5 Å². The van der Waals surface area contributed by atoms with Crippen LogP contribution < -0.4 is 11.5 Å². The topological polar surface area (TPSA) is 69.1 Å². The quantitative estimate of drug-likeness (QED) is 0.660. The molecule has 72 valence electrons. The number of carbonyl (C=O) groups is 1. The molecule has 0 spiro atoms. The maximum Gasteiger partial charge on any atom is 0.252 e. The summed E-state index contributed by atoms with van der Waals surface area (Å²) >= 11 is 0. The first kappa shape index (κ1) is 11.4. The van der Waals surface area contributed by atoms with E-state index < -0.39 is 23.0 Å². The highest BCUT2D eigenvalue weighted by atomic mass is 19.1. The van der Waals surface area contributed by atoms with Gasteiger partial charge in [0.25, 0.3) is 5.91 Å². The van der Waals surface area contributed by atoms with Gasteiger partial charge in [-0.25, -0.2) is 4.39 Å². The van der Waals surface area contributed by atoms with Gasteiger partial charge in [0, 0.05) is 11.0 Å². The summed E-state index contributed by atoms with van der Waals surface area (Å²) in [4.78, 5) is 10.6. The predicted molar refractivity (Wildman–Crippen MR) is 46.1 cm³/mol. The molecule has 0 heterocycles. The number of rotatable bonds is 3. The Morgan fingerprint density at radius 3 is 1.75 bits per heavy atom. The molecule has 4 heteroatoms. The third-order valence-corrected chi connectivity index (χ3v) is 2.54. The molecule has 4 N–H and O–H groups in total. The Bertz CT molecular complexity index is 184. The van der Waals surface area contributed by atoms with Gasteiger partial charge in [-0.3, -0.25) is 4.79 Å². The van der Waals surface area contributed by atoms with Gasteiger partial charge in [0.1, 0.15) is 0 Å². The fraction of sp³-hybridized carbons (Fsp3) is 0.875. The average molecular weight is 176 g/mol. The lowest BCUT2D eigenvalue weighted by Gasteiger charge is -2.39. The van der Waals surface area contributed by atoms with Crippen molar-refractivity contribution in [2.45, 2.75) is 39.4 Å². The summed E-state index contributed by atoms with van der Waals surface area (Å²) in [5.74, 6) is -0.960. The van der Waals surface area contributed by atoms with Gasteiger partial charge in [-0.05, 0) is 13.8 Å². The predicted octanol–water partition coefficient (Wildman–Crippen LogP) is 0.573. The monoisotopic (exact) mass is 176 g/mol. The van der Waals surface area contributed by atoms with Gasteiger partial charge in [-0.2, -0.15) is 0 Å². The van der Waals surface area contributed by atoms with E-state index in [9.17, 15) is 9.18 Å². The Labute approximate surface area is 72.3 Å². The third kappa shape index (κ3) is 1.94. The molecular formula is C8H17FN2O. The van der Waals surface area contributed by atoms with Crippen molar-refractivity contribution in [1.29, 1.82) is 0 Å². The van der Waals surface area contributed by atoms with E-state index in [0.29, 0.717) is 0 Å². The molecule has 0 radical (unpaired) electrons. The van der Waals surface area contributed by atoms with E-state index >= 15 is 0 Å². The number of hydrogen-bond acceptors (Lipinski definition) is 2. The summed E-state index contributed by atoms with van der Waals surface area (Å²) in [6, 6.07) is 0. The maximum absolute atomic E-state index is 13.2.